The number of dihydropyridines is 1. The van der Waals surface area contributed by atoms with E-state index < -0.39 is 6.10 Å². The first-order valence-corrected chi connectivity index (χ1v) is 6.29. The van der Waals surface area contributed by atoms with E-state index in [9.17, 15) is 5.11 Å². The van der Waals surface area contributed by atoms with Gasteiger partial charge in [-0.15, -0.1) is 0 Å². The number of aliphatic hydroxyl groups is 1. The van der Waals surface area contributed by atoms with Crippen LogP contribution in [0.2, 0.25) is 0 Å². The van der Waals surface area contributed by atoms with Gasteiger partial charge in [-0.05, 0) is 42.9 Å². The predicted molar refractivity (Wildman–Crippen MR) is 69.1 cm³/mol. The molecule has 2 aliphatic rings. The Labute approximate surface area is 102 Å². The summed E-state index contributed by atoms with van der Waals surface area (Å²) in [4.78, 5) is 0. The first-order chi connectivity index (χ1) is 8.34. The molecule has 1 aromatic rings. The first-order valence-electron chi connectivity index (χ1n) is 6.29. The molecule has 1 atom stereocenters. The van der Waals surface area contributed by atoms with Crippen molar-refractivity contribution in [2.75, 3.05) is 0 Å². The second kappa shape index (κ2) is 4.38. The largest absolute Gasteiger partial charge is 0.384 e. The molecule has 0 bridgehead atoms. The zero-order valence-electron chi connectivity index (χ0n) is 9.82. The van der Waals surface area contributed by atoms with E-state index in [4.69, 9.17) is 0 Å². The highest BCUT2D eigenvalue weighted by Gasteiger charge is 2.23. The van der Waals surface area contributed by atoms with Crippen molar-refractivity contribution in [1.29, 1.82) is 0 Å². The molecule has 2 N–H and O–H groups in total. The van der Waals surface area contributed by atoms with Crippen LogP contribution in [-0.2, 0) is 0 Å². The molecular weight excluding hydrogens is 210 g/mol. The van der Waals surface area contributed by atoms with Gasteiger partial charge in [0.2, 0.25) is 0 Å². The van der Waals surface area contributed by atoms with Gasteiger partial charge < -0.3 is 10.4 Å². The lowest BCUT2D eigenvalue weighted by atomic mass is 9.89. The fourth-order valence-electron chi connectivity index (χ4n) is 2.65. The third-order valence-corrected chi connectivity index (χ3v) is 3.56. The fourth-order valence-corrected chi connectivity index (χ4v) is 2.65. The molecule has 88 valence electrons. The van der Waals surface area contributed by atoms with Crippen LogP contribution in [0.4, 0.5) is 0 Å². The fraction of sp³-hybridized carbons (Fsp3) is 0.333. The summed E-state index contributed by atoms with van der Waals surface area (Å²) < 4.78 is 0. The van der Waals surface area contributed by atoms with Crippen molar-refractivity contribution < 1.29 is 5.11 Å². The zero-order valence-corrected chi connectivity index (χ0v) is 9.82. The quantitative estimate of drug-likeness (QED) is 0.773. The molecule has 0 saturated carbocycles. The highest BCUT2D eigenvalue weighted by Crippen LogP contribution is 2.32. The Balaban J connectivity index is 1.91. The second-order valence-electron chi connectivity index (χ2n) is 4.73. The average Bonchev–Trinajstić information content (AvgIpc) is 2.40. The van der Waals surface area contributed by atoms with E-state index >= 15 is 0 Å². The van der Waals surface area contributed by atoms with E-state index in [0.29, 0.717) is 0 Å². The Morgan fingerprint density at radius 1 is 1.06 bits per heavy atom. The summed E-state index contributed by atoms with van der Waals surface area (Å²) in [5.41, 5.74) is 4.61. The van der Waals surface area contributed by atoms with Crippen molar-refractivity contribution in [3.63, 3.8) is 0 Å². The Hall–Kier alpha value is -1.54. The average molecular weight is 227 g/mol. The smallest absolute Gasteiger partial charge is 0.0974 e. The zero-order chi connectivity index (χ0) is 11.7. The van der Waals surface area contributed by atoms with Gasteiger partial charge >= 0.3 is 0 Å². The number of aliphatic hydroxyl groups excluding tert-OH is 1. The Morgan fingerprint density at radius 3 is 2.65 bits per heavy atom. The lowest BCUT2D eigenvalue weighted by Gasteiger charge is -2.29. The van der Waals surface area contributed by atoms with E-state index in [2.05, 4.69) is 17.4 Å². The van der Waals surface area contributed by atoms with Gasteiger partial charge in [-0.1, -0.05) is 30.3 Å². The van der Waals surface area contributed by atoms with E-state index in [0.717, 1.165) is 24.1 Å². The summed E-state index contributed by atoms with van der Waals surface area (Å²) in [6.07, 6.45) is 6.05. The number of hydrogen-bond acceptors (Lipinski definition) is 2. The van der Waals surface area contributed by atoms with Crippen LogP contribution in [0.25, 0.3) is 5.70 Å². The minimum atomic E-state index is -0.401. The van der Waals surface area contributed by atoms with Crippen LogP contribution in [0, 0.1) is 0 Å². The molecule has 1 aliphatic heterocycles. The molecule has 1 heterocycles. The molecule has 17 heavy (non-hydrogen) atoms. The number of rotatable bonds is 1. The SMILES string of the molecule is OC1C=C(c2ccccc2)NC2=C1CCCC2. The van der Waals surface area contributed by atoms with Crippen LogP contribution < -0.4 is 5.32 Å². The van der Waals surface area contributed by atoms with Crippen molar-refractivity contribution in [3.05, 3.63) is 53.2 Å². The molecule has 0 aromatic heterocycles. The van der Waals surface area contributed by atoms with Crippen LogP contribution in [0.15, 0.2) is 47.7 Å². The molecule has 0 radical (unpaired) electrons. The van der Waals surface area contributed by atoms with Gasteiger partial charge in [-0.3, -0.25) is 0 Å². The van der Waals surface area contributed by atoms with E-state index in [1.54, 1.807) is 0 Å². The molecule has 0 fully saturated rings. The number of benzene rings is 1. The van der Waals surface area contributed by atoms with E-state index in [1.807, 2.05) is 24.3 Å². The summed E-state index contributed by atoms with van der Waals surface area (Å²) in [7, 11) is 0. The standard InChI is InChI=1S/C15H17NO/c17-15-10-14(11-6-2-1-3-7-11)16-13-9-5-4-8-12(13)15/h1-3,6-7,10,15-17H,4-5,8-9H2. The second-order valence-corrected chi connectivity index (χ2v) is 4.73. The van der Waals surface area contributed by atoms with Crippen molar-refractivity contribution in [3.8, 4) is 0 Å². The number of nitrogens with one attached hydrogen (secondary N) is 1. The van der Waals surface area contributed by atoms with Gasteiger partial charge in [0.15, 0.2) is 0 Å². The molecule has 1 aliphatic carbocycles. The highest BCUT2D eigenvalue weighted by atomic mass is 16.3. The molecular formula is C15H17NO. The van der Waals surface area contributed by atoms with Crippen LogP contribution in [0.1, 0.15) is 31.2 Å². The van der Waals surface area contributed by atoms with Gasteiger partial charge in [-0.25, -0.2) is 0 Å². The topological polar surface area (TPSA) is 32.3 Å². The Kier molecular flexibility index (Phi) is 2.73. The van der Waals surface area contributed by atoms with Crippen LogP contribution in [0.3, 0.4) is 0 Å². The van der Waals surface area contributed by atoms with Crippen molar-refractivity contribution in [2.45, 2.75) is 31.8 Å². The van der Waals surface area contributed by atoms with E-state index in [1.165, 1.54) is 24.1 Å². The van der Waals surface area contributed by atoms with Crippen LogP contribution >= 0.6 is 0 Å². The van der Waals surface area contributed by atoms with Crippen molar-refractivity contribution in [1.82, 2.24) is 5.32 Å². The lowest BCUT2D eigenvalue weighted by molar-refractivity contribution is 0.246. The van der Waals surface area contributed by atoms with Gasteiger partial charge in [0.1, 0.15) is 0 Å². The summed E-state index contributed by atoms with van der Waals surface area (Å²) in [6, 6.07) is 10.2. The predicted octanol–water partition coefficient (Wildman–Crippen LogP) is 2.82. The molecule has 3 rings (SSSR count). The monoisotopic (exact) mass is 227 g/mol. The van der Waals surface area contributed by atoms with Gasteiger partial charge in [0.05, 0.1) is 6.10 Å². The Morgan fingerprint density at radius 2 is 1.82 bits per heavy atom. The van der Waals surface area contributed by atoms with Crippen molar-refractivity contribution in [2.24, 2.45) is 0 Å². The van der Waals surface area contributed by atoms with E-state index in [-0.39, 0.29) is 0 Å². The summed E-state index contributed by atoms with van der Waals surface area (Å²) in [6.45, 7) is 0. The molecule has 0 saturated heterocycles. The third kappa shape index (κ3) is 2.01. The normalized spacial score (nSPS) is 23.8. The third-order valence-electron chi connectivity index (χ3n) is 3.56. The van der Waals surface area contributed by atoms with Gasteiger partial charge in [0.25, 0.3) is 0 Å². The highest BCUT2D eigenvalue weighted by molar-refractivity contribution is 5.68. The van der Waals surface area contributed by atoms with Crippen molar-refractivity contribution >= 4 is 5.70 Å². The minimum absolute atomic E-state index is 0.401. The molecule has 0 amide bonds. The summed E-state index contributed by atoms with van der Waals surface area (Å²) >= 11 is 0. The summed E-state index contributed by atoms with van der Waals surface area (Å²) in [5.74, 6) is 0. The maximum Gasteiger partial charge on any atom is 0.0974 e. The number of hydrogen-bond donors (Lipinski definition) is 2. The molecule has 2 heteroatoms. The molecule has 2 nitrogen and oxygen atoms in total. The molecule has 0 spiro atoms. The minimum Gasteiger partial charge on any atom is -0.384 e. The lowest BCUT2D eigenvalue weighted by Crippen LogP contribution is -2.27. The maximum atomic E-state index is 10.2. The number of allylic oxidation sites excluding steroid dienone is 1. The first kappa shape index (κ1) is 10.6. The molecule has 1 aromatic carbocycles. The molecule has 1 unspecified atom stereocenters. The van der Waals surface area contributed by atoms with Gasteiger partial charge in [0, 0.05) is 11.4 Å². The maximum absolute atomic E-state index is 10.2. The van der Waals surface area contributed by atoms with Crippen LogP contribution in [-0.4, -0.2) is 11.2 Å². The van der Waals surface area contributed by atoms with Gasteiger partial charge in [-0.2, -0.15) is 0 Å². The van der Waals surface area contributed by atoms with Crippen LogP contribution in [0.5, 0.6) is 0 Å². The summed E-state index contributed by atoms with van der Waals surface area (Å²) in [5, 5.41) is 13.6. The Bertz CT molecular complexity index is 473.